The van der Waals surface area contributed by atoms with Gasteiger partial charge in [-0.25, -0.2) is 0 Å². The van der Waals surface area contributed by atoms with Crippen molar-refractivity contribution in [3.05, 3.63) is 63.0 Å². The lowest BCUT2D eigenvalue weighted by Gasteiger charge is -2.31. The number of hydrogen-bond acceptors (Lipinski definition) is 4. The number of anilines is 1. The Balaban J connectivity index is 1.58. The quantitative estimate of drug-likeness (QED) is 0.556. The average molecular weight is 435 g/mol. The smallest absolute Gasteiger partial charge is 0.265 e. The number of para-hydroxylation sites is 1. The summed E-state index contributed by atoms with van der Waals surface area (Å²) in [4.78, 5) is 17.7. The molecule has 7 heteroatoms. The van der Waals surface area contributed by atoms with E-state index >= 15 is 0 Å². The van der Waals surface area contributed by atoms with Crippen LogP contribution in [-0.2, 0) is 11.3 Å². The number of fused-ring (bicyclic) bond motifs is 1. The van der Waals surface area contributed by atoms with E-state index < -0.39 is 0 Å². The first kappa shape index (κ1) is 19.5. The van der Waals surface area contributed by atoms with Crippen molar-refractivity contribution in [2.45, 2.75) is 6.54 Å². The van der Waals surface area contributed by atoms with Crippen LogP contribution in [0.15, 0.2) is 42.5 Å². The lowest BCUT2D eigenvalue weighted by Crippen LogP contribution is -2.37. The Kier molecular flexibility index (Phi) is 5.78. The Morgan fingerprint density at radius 1 is 1.18 bits per heavy atom. The normalized spacial score (nSPS) is 14.5. The Bertz CT molecular complexity index is 1010. The molecule has 3 aromatic rings. The molecule has 1 amide bonds. The highest BCUT2D eigenvalue weighted by atomic mass is 35.5. The first-order valence-electron chi connectivity index (χ1n) is 9.08. The standard InChI is InChI=1S/C21H20Cl2N2O2S/c1-24(13-14-4-2-3-5-17(14)25-8-10-27-11-9-25)21(26)20-19(23)16-7-6-15(22)12-18(16)28-20/h2-7,12H,8-11,13H2,1H3. The van der Waals surface area contributed by atoms with E-state index in [4.69, 9.17) is 27.9 Å². The minimum atomic E-state index is -0.0842. The van der Waals surface area contributed by atoms with Crippen molar-refractivity contribution in [1.82, 2.24) is 4.90 Å². The average Bonchev–Trinajstić information content (AvgIpc) is 3.04. The molecule has 0 spiro atoms. The molecular weight excluding hydrogens is 415 g/mol. The number of thiophene rings is 1. The zero-order valence-electron chi connectivity index (χ0n) is 15.5. The Morgan fingerprint density at radius 3 is 2.71 bits per heavy atom. The van der Waals surface area contributed by atoms with Gasteiger partial charge in [0.25, 0.3) is 5.91 Å². The summed E-state index contributed by atoms with van der Waals surface area (Å²) >= 11 is 14.0. The number of ether oxygens (including phenoxy) is 1. The van der Waals surface area contributed by atoms with E-state index in [-0.39, 0.29) is 5.91 Å². The predicted molar refractivity (Wildman–Crippen MR) is 117 cm³/mol. The van der Waals surface area contributed by atoms with Crippen LogP contribution in [0.5, 0.6) is 0 Å². The Hall–Kier alpha value is -1.79. The van der Waals surface area contributed by atoms with Crippen molar-refractivity contribution in [1.29, 1.82) is 0 Å². The van der Waals surface area contributed by atoms with E-state index in [0.717, 1.165) is 47.6 Å². The molecule has 1 aliphatic rings. The van der Waals surface area contributed by atoms with Crippen molar-refractivity contribution >= 4 is 56.2 Å². The highest BCUT2D eigenvalue weighted by molar-refractivity contribution is 7.21. The van der Waals surface area contributed by atoms with Crippen molar-refractivity contribution in [3.63, 3.8) is 0 Å². The van der Waals surface area contributed by atoms with Gasteiger partial charge in [0, 0.05) is 47.5 Å². The van der Waals surface area contributed by atoms with Crippen LogP contribution in [0.4, 0.5) is 5.69 Å². The molecule has 0 aliphatic carbocycles. The zero-order chi connectivity index (χ0) is 19.7. The highest BCUT2D eigenvalue weighted by Gasteiger charge is 2.22. The molecule has 1 saturated heterocycles. The lowest BCUT2D eigenvalue weighted by atomic mass is 10.1. The lowest BCUT2D eigenvalue weighted by molar-refractivity contribution is 0.0790. The van der Waals surface area contributed by atoms with E-state index in [1.54, 1.807) is 11.0 Å². The fourth-order valence-electron chi connectivity index (χ4n) is 3.43. The van der Waals surface area contributed by atoms with Crippen LogP contribution in [0.25, 0.3) is 10.1 Å². The fraction of sp³-hybridized carbons (Fsp3) is 0.286. The SMILES string of the molecule is CN(Cc1ccccc1N1CCOCC1)C(=O)c1sc2cc(Cl)ccc2c1Cl. The van der Waals surface area contributed by atoms with Crippen molar-refractivity contribution in [2.24, 2.45) is 0 Å². The summed E-state index contributed by atoms with van der Waals surface area (Å²) in [6.07, 6.45) is 0. The molecule has 2 aromatic carbocycles. The highest BCUT2D eigenvalue weighted by Crippen LogP contribution is 2.37. The van der Waals surface area contributed by atoms with E-state index in [1.807, 2.05) is 31.3 Å². The van der Waals surface area contributed by atoms with Crippen LogP contribution in [0, 0.1) is 0 Å². The molecule has 1 fully saturated rings. The van der Waals surface area contributed by atoms with Crippen molar-refractivity contribution < 1.29 is 9.53 Å². The third kappa shape index (κ3) is 3.85. The van der Waals surface area contributed by atoms with Gasteiger partial charge in [0.15, 0.2) is 0 Å². The van der Waals surface area contributed by atoms with Gasteiger partial charge in [0.2, 0.25) is 0 Å². The van der Waals surface area contributed by atoms with Crippen LogP contribution < -0.4 is 4.90 Å². The fourth-order valence-corrected chi connectivity index (χ4v) is 5.22. The molecule has 4 nitrogen and oxygen atoms in total. The van der Waals surface area contributed by atoms with Gasteiger partial charge in [0.05, 0.1) is 18.2 Å². The van der Waals surface area contributed by atoms with Crippen LogP contribution >= 0.6 is 34.5 Å². The summed E-state index contributed by atoms with van der Waals surface area (Å²) in [6, 6.07) is 13.7. The number of halogens is 2. The number of morpholine rings is 1. The molecule has 0 bridgehead atoms. The molecule has 0 N–H and O–H groups in total. The summed E-state index contributed by atoms with van der Waals surface area (Å²) in [7, 11) is 1.81. The largest absolute Gasteiger partial charge is 0.378 e. The summed E-state index contributed by atoms with van der Waals surface area (Å²) in [6.45, 7) is 3.68. The Labute approximate surface area is 178 Å². The van der Waals surface area contributed by atoms with E-state index in [1.165, 1.54) is 11.3 Å². The van der Waals surface area contributed by atoms with Gasteiger partial charge in [-0.15, -0.1) is 11.3 Å². The first-order valence-corrected chi connectivity index (χ1v) is 10.7. The topological polar surface area (TPSA) is 32.8 Å². The maximum atomic E-state index is 13.1. The van der Waals surface area contributed by atoms with Gasteiger partial charge in [-0.2, -0.15) is 0 Å². The number of carbonyl (C=O) groups excluding carboxylic acids is 1. The van der Waals surface area contributed by atoms with Gasteiger partial charge < -0.3 is 14.5 Å². The molecule has 1 aliphatic heterocycles. The zero-order valence-corrected chi connectivity index (χ0v) is 17.8. The summed E-state index contributed by atoms with van der Waals surface area (Å²) in [5, 5.41) is 1.99. The summed E-state index contributed by atoms with van der Waals surface area (Å²) < 4.78 is 6.38. The van der Waals surface area contributed by atoms with Gasteiger partial charge in [-0.05, 0) is 23.8 Å². The van der Waals surface area contributed by atoms with Crippen LogP contribution in [0.1, 0.15) is 15.2 Å². The second-order valence-electron chi connectivity index (χ2n) is 6.77. The number of nitrogens with zero attached hydrogens (tertiary/aromatic N) is 2. The van der Waals surface area contributed by atoms with Crippen LogP contribution in [0.2, 0.25) is 10.0 Å². The molecule has 1 aromatic heterocycles. The minimum Gasteiger partial charge on any atom is -0.378 e. The number of carbonyl (C=O) groups is 1. The second-order valence-corrected chi connectivity index (χ2v) is 8.64. The minimum absolute atomic E-state index is 0.0842. The second kappa shape index (κ2) is 8.29. The summed E-state index contributed by atoms with van der Waals surface area (Å²) in [5.41, 5.74) is 2.26. The molecule has 2 heterocycles. The van der Waals surface area contributed by atoms with Crippen LogP contribution in [0.3, 0.4) is 0 Å². The van der Waals surface area contributed by atoms with Gasteiger partial charge >= 0.3 is 0 Å². The van der Waals surface area contributed by atoms with Gasteiger partial charge in [-0.3, -0.25) is 4.79 Å². The van der Waals surface area contributed by atoms with E-state index in [2.05, 4.69) is 17.0 Å². The number of rotatable bonds is 4. The molecule has 4 rings (SSSR count). The van der Waals surface area contributed by atoms with Crippen LogP contribution in [-0.4, -0.2) is 44.2 Å². The van der Waals surface area contributed by atoms with Gasteiger partial charge in [0.1, 0.15) is 4.88 Å². The first-order chi connectivity index (χ1) is 13.5. The van der Waals surface area contributed by atoms with Crippen molar-refractivity contribution in [3.8, 4) is 0 Å². The Morgan fingerprint density at radius 2 is 1.93 bits per heavy atom. The van der Waals surface area contributed by atoms with Gasteiger partial charge in [-0.1, -0.05) is 47.5 Å². The maximum absolute atomic E-state index is 13.1. The molecular formula is C21H20Cl2N2O2S. The molecule has 0 unspecified atom stereocenters. The van der Waals surface area contributed by atoms with E-state index in [9.17, 15) is 4.79 Å². The van der Waals surface area contributed by atoms with E-state index in [0.29, 0.717) is 21.5 Å². The number of amides is 1. The molecule has 0 radical (unpaired) electrons. The number of benzene rings is 2. The number of hydrogen-bond donors (Lipinski definition) is 0. The predicted octanol–water partition coefficient (Wildman–Crippen LogP) is 5.32. The summed E-state index contributed by atoms with van der Waals surface area (Å²) in [5.74, 6) is -0.0842. The van der Waals surface area contributed by atoms with Crippen molar-refractivity contribution in [2.75, 3.05) is 38.3 Å². The third-order valence-electron chi connectivity index (χ3n) is 4.88. The maximum Gasteiger partial charge on any atom is 0.265 e. The third-order valence-corrected chi connectivity index (χ3v) is 6.76. The molecule has 0 atom stereocenters. The molecule has 146 valence electrons. The molecule has 28 heavy (non-hydrogen) atoms. The molecule has 0 saturated carbocycles. The monoisotopic (exact) mass is 434 g/mol.